The van der Waals surface area contributed by atoms with Crippen molar-refractivity contribution in [3.63, 3.8) is 0 Å². The zero-order valence-electron chi connectivity index (χ0n) is 15.9. The number of nitrogens with zero attached hydrogens (tertiary/aromatic N) is 4. The van der Waals surface area contributed by atoms with Crippen LogP contribution in [0.15, 0.2) is 47.8 Å². The Morgan fingerprint density at radius 1 is 1.21 bits per heavy atom. The van der Waals surface area contributed by atoms with Crippen molar-refractivity contribution in [1.82, 2.24) is 19.3 Å². The predicted octanol–water partition coefficient (Wildman–Crippen LogP) is 1.40. The van der Waals surface area contributed by atoms with Crippen LogP contribution in [0.1, 0.15) is 5.56 Å². The average molecular weight is 401 g/mol. The van der Waals surface area contributed by atoms with E-state index in [-0.39, 0.29) is 10.9 Å². The lowest BCUT2D eigenvalue weighted by Gasteiger charge is -2.27. The first-order chi connectivity index (χ1) is 13.5. The average Bonchev–Trinajstić information content (AvgIpc) is 2.95. The molecular formula is C19H23N5O3S. The number of anilines is 1. The molecule has 1 aromatic carbocycles. The summed E-state index contributed by atoms with van der Waals surface area (Å²) in [7, 11) is -1.80. The molecule has 0 bridgehead atoms. The maximum Gasteiger partial charge on any atom is 0.269 e. The summed E-state index contributed by atoms with van der Waals surface area (Å²) in [6.45, 7) is 4.76. The van der Waals surface area contributed by atoms with Crippen molar-refractivity contribution in [3.05, 3.63) is 48.4 Å². The molecule has 2 aromatic heterocycles. The van der Waals surface area contributed by atoms with E-state index in [1.54, 1.807) is 30.3 Å². The molecule has 1 saturated heterocycles. The van der Waals surface area contributed by atoms with Gasteiger partial charge >= 0.3 is 0 Å². The van der Waals surface area contributed by atoms with Gasteiger partial charge in [-0.25, -0.2) is 22.4 Å². The molecule has 1 aliphatic heterocycles. The number of nitrogens with one attached hydrogen (secondary N) is 1. The number of hydrogen-bond acceptors (Lipinski definition) is 7. The number of hydrogen-bond donors (Lipinski definition) is 1. The molecule has 0 saturated carbocycles. The molecule has 0 radical (unpaired) electrons. The molecule has 0 unspecified atom stereocenters. The molecule has 9 heteroatoms. The van der Waals surface area contributed by atoms with Crippen LogP contribution in [0.5, 0.6) is 0 Å². The maximum atomic E-state index is 13.1. The van der Waals surface area contributed by atoms with Gasteiger partial charge in [-0.2, -0.15) is 0 Å². The largest absolute Gasteiger partial charge is 0.378 e. The molecular weight excluding hydrogens is 378 g/mol. The summed E-state index contributed by atoms with van der Waals surface area (Å²) in [6.07, 6.45) is 2.94. The highest BCUT2D eigenvalue weighted by Crippen LogP contribution is 2.27. The minimum atomic E-state index is -3.74. The number of aromatic nitrogens is 3. The fraction of sp³-hybridized carbons (Fsp3) is 0.368. The molecule has 0 amide bonds. The lowest BCUT2D eigenvalue weighted by atomic mass is 10.2. The second-order valence-corrected chi connectivity index (χ2v) is 8.72. The summed E-state index contributed by atoms with van der Waals surface area (Å²) in [6, 6.07) is 8.63. The molecule has 1 aliphatic rings. The monoisotopic (exact) mass is 401 g/mol. The van der Waals surface area contributed by atoms with Gasteiger partial charge in [0.25, 0.3) is 10.0 Å². The van der Waals surface area contributed by atoms with E-state index in [9.17, 15) is 8.42 Å². The van der Waals surface area contributed by atoms with Crippen LogP contribution in [0.4, 0.5) is 5.82 Å². The molecule has 8 nitrogen and oxygen atoms in total. The standard InChI is InChI=1S/C19H23N5O3S/c1-14-3-5-16(6-4-14)28(25,26)24-9-7-17-18(21-13-22-19(17)24)23(2)15-11-20-8-10-27-12-15/h3-7,9,13,15,20H,8,10-12H2,1-2H3/t15-/m0/s1. The second-order valence-electron chi connectivity index (χ2n) is 6.91. The molecule has 148 valence electrons. The fourth-order valence-electron chi connectivity index (χ4n) is 3.33. The van der Waals surface area contributed by atoms with Crippen molar-refractivity contribution in [2.45, 2.75) is 17.9 Å². The van der Waals surface area contributed by atoms with Gasteiger partial charge in [-0.15, -0.1) is 0 Å². The van der Waals surface area contributed by atoms with Crippen molar-refractivity contribution in [1.29, 1.82) is 0 Å². The first-order valence-electron chi connectivity index (χ1n) is 9.14. The normalized spacial score (nSPS) is 18.1. The number of benzene rings is 1. The van der Waals surface area contributed by atoms with Crippen molar-refractivity contribution < 1.29 is 13.2 Å². The minimum absolute atomic E-state index is 0.0951. The van der Waals surface area contributed by atoms with E-state index in [2.05, 4.69) is 15.3 Å². The number of rotatable bonds is 4. The Labute approximate surface area is 164 Å². The van der Waals surface area contributed by atoms with Crippen LogP contribution in [0.2, 0.25) is 0 Å². The number of likely N-dealkylation sites (N-methyl/N-ethyl adjacent to an activating group) is 1. The molecule has 1 fully saturated rings. The molecule has 3 heterocycles. The van der Waals surface area contributed by atoms with Gasteiger partial charge in [0.1, 0.15) is 12.1 Å². The third-order valence-electron chi connectivity index (χ3n) is 5.00. The molecule has 1 N–H and O–H groups in total. The zero-order chi connectivity index (χ0) is 19.7. The highest BCUT2D eigenvalue weighted by Gasteiger charge is 2.24. The smallest absolute Gasteiger partial charge is 0.269 e. The second kappa shape index (κ2) is 7.50. The van der Waals surface area contributed by atoms with E-state index in [4.69, 9.17) is 4.74 Å². The Morgan fingerprint density at radius 3 is 2.79 bits per heavy atom. The van der Waals surface area contributed by atoms with E-state index < -0.39 is 10.0 Å². The van der Waals surface area contributed by atoms with Crippen LogP contribution in [0.25, 0.3) is 11.0 Å². The highest BCUT2D eigenvalue weighted by molar-refractivity contribution is 7.90. The highest BCUT2D eigenvalue weighted by atomic mass is 32.2. The molecule has 1 atom stereocenters. The topological polar surface area (TPSA) is 89.4 Å². The van der Waals surface area contributed by atoms with Gasteiger partial charge in [-0.3, -0.25) is 0 Å². The first kappa shape index (κ1) is 18.9. The summed E-state index contributed by atoms with van der Waals surface area (Å²) in [5.74, 6) is 0.681. The van der Waals surface area contributed by atoms with Crippen LogP contribution in [0, 0.1) is 6.92 Å². The van der Waals surface area contributed by atoms with Crippen LogP contribution < -0.4 is 10.2 Å². The van der Waals surface area contributed by atoms with E-state index in [1.165, 1.54) is 16.5 Å². The maximum absolute atomic E-state index is 13.1. The van der Waals surface area contributed by atoms with Crippen molar-refractivity contribution in [2.75, 3.05) is 38.3 Å². The Kier molecular flexibility index (Phi) is 5.05. The lowest BCUT2D eigenvalue weighted by molar-refractivity contribution is 0.141. The third-order valence-corrected chi connectivity index (χ3v) is 6.68. The van der Waals surface area contributed by atoms with Crippen molar-refractivity contribution >= 4 is 26.9 Å². The molecule has 28 heavy (non-hydrogen) atoms. The summed E-state index contributed by atoms with van der Waals surface area (Å²) in [5, 5.41) is 4.03. The van der Waals surface area contributed by atoms with Gasteiger partial charge < -0.3 is 15.0 Å². The SMILES string of the molecule is Cc1ccc(S(=O)(=O)n2ccc3c(N(C)[C@H]4CNCCOC4)ncnc32)cc1. The first-order valence-corrected chi connectivity index (χ1v) is 10.6. The number of aryl methyl sites for hydroxylation is 1. The van der Waals surface area contributed by atoms with Gasteiger partial charge in [-0.1, -0.05) is 17.7 Å². The van der Waals surface area contributed by atoms with E-state index in [1.807, 2.05) is 18.9 Å². The Hall–Kier alpha value is -2.49. The Bertz CT molecular complexity index is 1070. The summed E-state index contributed by atoms with van der Waals surface area (Å²) in [4.78, 5) is 10.9. The van der Waals surface area contributed by atoms with Crippen LogP contribution in [-0.4, -0.2) is 61.8 Å². The van der Waals surface area contributed by atoms with Crippen molar-refractivity contribution in [3.8, 4) is 0 Å². The Balaban J connectivity index is 1.75. The van der Waals surface area contributed by atoms with Crippen molar-refractivity contribution in [2.24, 2.45) is 0 Å². The summed E-state index contributed by atoms with van der Waals surface area (Å²) < 4.78 is 33.1. The quantitative estimate of drug-likeness (QED) is 0.707. The van der Waals surface area contributed by atoms with Gasteiger partial charge in [0.15, 0.2) is 5.65 Å². The fourth-order valence-corrected chi connectivity index (χ4v) is 4.63. The van der Waals surface area contributed by atoms with Gasteiger partial charge in [-0.05, 0) is 25.1 Å². The number of ether oxygens (including phenoxy) is 1. The lowest BCUT2D eigenvalue weighted by Crippen LogP contribution is -2.42. The van der Waals surface area contributed by atoms with Gasteiger partial charge in [0.2, 0.25) is 0 Å². The predicted molar refractivity (Wildman–Crippen MR) is 107 cm³/mol. The molecule has 3 aromatic rings. The number of fused-ring (bicyclic) bond motifs is 1. The van der Waals surface area contributed by atoms with E-state index in [0.29, 0.717) is 30.1 Å². The third kappa shape index (κ3) is 3.36. The molecule has 0 spiro atoms. The molecule has 0 aliphatic carbocycles. The minimum Gasteiger partial charge on any atom is -0.378 e. The summed E-state index contributed by atoms with van der Waals surface area (Å²) >= 11 is 0. The van der Waals surface area contributed by atoms with Crippen LogP contribution in [-0.2, 0) is 14.8 Å². The van der Waals surface area contributed by atoms with Crippen LogP contribution in [0.3, 0.4) is 0 Å². The van der Waals surface area contributed by atoms with E-state index in [0.717, 1.165) is 18.7 Å². The summed E-state index contributed by atoms with van der Waals surface area (Å²) in [5.41, 5.74) is 1.36. The molecule has 4 rings (SSSR count). The zero-order valence-corrected chi connectivity index (χ0v) is 16.7. The Morgan fingerprint density at radius 2 is 2.00 bits per heavy atom. The van der Waals surface area contributed by atoms with Gasteiger partial charge in [0.05, 0.1) is 29.5 Å². The van der Waals surface area contributed by atoms with Crippen LogP contribution >= 0.6 is 0 Å². The van der Waals surface area contributed by atoms with E-state index >= 15 is 0 Å². The van der Waals surface area contributed by atoms with Gasteiger partial charge in [0, 0.05) is 26.3 Å².